The lowest BCUT2D eigenvalue weighted by Gasteiger charge is -2.09. The Balaban J connectivity index is 1.83. The number of rotatable bonds is 3. The molecule has 7 nitrogen and oxygen atoms in total. The lowest BCUT2D eigenvalue weighted by atomic mass is 10.1. The van der Waals surface area contributed by atoms with Crippen molar-refractivity contribution in [2.75, 3.05) is 12.4 Å². The van der Waals surface area contributed by atoms with Gasteiger partial charge in [-0.05, 0) is 36.4 Å². The molecule has 0 aliphatic heterocycles. The normalized spacial score (nSPS) is 11.5. The highest BCUT2D eigenvalue weighted by atomic mass is 35.5. The number of aromatic amines is 3. The molecule has 0 saturated heterocycles. The SMILES string of the molecule is CNc1[nH]c(=O)n(-c2ccc3nc[nH]c3c2)c1-c1c[nH]c2ccc(Cl)cc12. The van der Waals surface area contributed by atoms with Crippen LogP contribution in [0.3, 0.4) is 0 Å². The lowest BCUT2D eigenvalue weighted by molar-refractivity contribution is 0.996. The fourth-order valence-corrected chi connectivity index (χ4v) is 3.64. The monoisotopic (exact) mass is 378 g/mol. The molecular formula is C19H15ClN6O. The summed E-state index contributed by atoms with van der Waals surface area (Å²) in [4.78, 5) is 26.3. The summed E-state index contributed by atoms with van der Waals surface area (Å²) in [6.45, 7) is 0. The Bertz CT molecular complexity index is 1360. The molecule has 3 heterocycles. The Hall–Kier alpha value is -3.45. The summed E-state index contributed by atoms with van der Waals surface area (Å²) in [5.74, 6) is 0.630. The van der Waals surface area contributed by atoms with Gasteiger partial charge in [0.15, 0.2) is 0 Å². The molecule has 0 bridgehead atoms. The largest absolute Gasteiger partial charge is 0.373 e. The van der Waals surface area contributed by atoms with Gasteiger partial charge >= 0.3 is 5.69 Å². The van der Waals surface area contributed by atoms with Gasteiger partial charge in [0.25, 0.3) is 0 Å². The molecule has 0 spiro atoms. The Labute approximate surface area is 158 Å². The molecule has 0 radical (unpaired) electrons. The number of imidazole rings is 2. The van der Waals surface area contributed by atoms with Crippen LogP contribution >= 0.6 is 11.6 Å². The van der Waals surface area contributed by atoms with E-state index in [4.69, 9.17) is 11.6 Å². The van der Waals surface area contributed by atoms with E-state index < -0.39 is 0 Å². The van der Waals surface area contributed by atoms with Gasteiger partial charge in [0.2, 0.25) is 0 Å². The number of nitrogens with zero attached hydrogens (tertiary/aromatic N) is 2. The van der Waals surface area contributed by atoms with Crippen molar-refractivity contribution < 1.29 is 0 Å². The zero-order valence-electron chi connectivity index (χ0n) is 14.3. The topological polar surface area (TPSA) is 94.3 Å². The van der Waals surface area contributed by atoms with Gasteiger partial charge in [0, 0.05) is 34.7 Å². The van der Waals surface area contributed by atoms with E-state index in [1.54, 1.807) is 17.9 Å². The third-order valence-corrected chi connectivity index (χ3v) is 4.94. The molecule has 5 aromatic rings. The highest BCUT2D eigenvalue weighted by Gasteiger charge is 2.20. The number of benzene rings is 2. The summed E-state index contributed by atoms with van der Waals surface area (Å²) in [6, 6.07) is 11.3. The molecular weight excluding hydrogens is 364 g/mol. The second-order valence-corrected chi connectivity index (χ2v) is 6.67. The summed E-state index contributed by atoms with van der Waals surface area (Å²) in [7, 11) is 1.78. The van der Waals surface area contributed by atoms with E-state index in [1.165, 1.54) is 0 Å². The van der Waals surface area contributed by atoms with E-state index in [0.29, 0.717) is 10.8 Å². The zero-order chi connectivity index (χ0) is 18.5. The van der Waals surface area contributed by atoms with Crippen LogP contribution in [0, 0.1) is 0 Å². The summed E-state index contributed by atoms with van der Waals surface area (Å²) in [5, 5.41) is 4.66. The highest BCUT2D eigenvalue weighted by molar-refractivity contribution is 6.31. The van der Waals surface area contributed by atoms with Crippen molar-refractivity contribution in [3.8, 4) is 16.9 Å². The smallest absolute Gasteiger partial charge is 0.332 e. The number of aromatic nitrogens is 5. The van der Waals surface area contributed by atoms with Gasteiger partial charge in [-0.25, -0.2) is 9.78 Å². The second kappa shape index (κ2) is 5.78. The number of hydrogen-bond donors (Lipinski definition) is 4. The average molecular weight is 379 g/mol. The van der Waals surface area contributed by atoms with Gasteiger partial charge in [0.1, 0.15) is 11.5 Å². The molecule has 5 rings (SSSR count). The minimum absolute atomic E-state index is 0.232. The van der Waals surface area contributed by atoms with Crippen LogP contribution < -0.4 is 11.0 Å². The van der Waals surface area contributed by atoms with E-state index in [0.717, 1.165) is 38.9 Å². The van der Waals surface area contributed by atoms with Crippen molar-refractivity contribution in [1.29, 1.82) is 0 Å². The van der Waals surface area contributed by atoms with Crippen LogP contribution in [0.2, 0.25) is 5.02 Å². The standard InChI is InChI=1S/C19H15ClN6O/c1-21-18-17(13-8-22-14-4-2-10(20)6-12(13)14)26(19(27)25-18)11-3-5-15-16(7-11)24-9-23-15/h2-9,21-22H,1H3,(H,23,24)(H,25,27). The number of halogens is 1. The average Bonchev–Trinajstić information content (AvgIpc) is 3.36. The minimum atomic E-state index is -0.232. The van der Waals surface area contributed by atoms with Gasteiger partial charge in [-0.3, -0.25) is 9.55 Å². The summed E-state index contributed by atoms with van der Waals surface area (Å²) in [6.07, 6.45) is 3.52. The van der Waals surface area contributed by atoms with Crippen molar-refractivity contribution >= 4 is 39.4 Å². The number of nitrogens with one attached hydrogen (secondary N) is 4. The van der Waals surface area contributed by atoms with Crippen LogP contribution in [0.15, 0.2) is 53.7 Å². The molecule has 0 aliphatic rings. The van der Waals surface area contributed by atoms with Crippen molar-refractivity contribution in [2.45, 2.75) is 0 Å². The first-order valence-corrected chi connectivity index (χ1v) is 8.77. The van der Waals surface area contributed by atoms with Crippen molar-refractivity contribution in [2.24, 2.45) is 0 Å². The Morgan fingerprint density at radius 2 is 2.00 bits per heavy atom. The van der Waals surface area contributed by atoms with E-state index >= 15 is 0 Å². The maximum atomic E-state index is 12.8. The second-order valence-electron chi connectivity index (χ2n) is 6.24. The minimum Gasteiger partial charge on any atom is -0.373 e. The van der Waals surface area contributed by atoms with Gasteiger partial charge in [0.05, 0.1) is 23.0 Å². The molecule has 3 aromatic heterocycles. The molecule has 0 atom stereocenters. The van der Waals surface area contributed by atoms with Crippen molar-refractivity contribution in [1.82, 2.24) is 24.5 Å². The quantitative estimate of drug-likeness (QED) is 0.383. The fourth-order valence-electron chi connectivity index (χ4n) is 3.47. The number of H-pyrrole nitrogens is 3. The summed E-state index contributed by atoms with van der Waals surface area (Å²) < 4.78 is 1.65. The maximum Gasteiger partial charge on any atom is 0.332 e. The molecule has 8 heteroatoms. The molecule has 134 valence electrons. The first kappa shape index (κ1) is 15.8. The number of anilines is 1. The number of hydrogen-bond acceptors (Lipinski definition) is 3. The zero-order valence-corrected chi connectivity index (χ0v) is 15.1. The van der Waals surface area contributed by atoms with Gasteiger partial charge in [-0.15, -0.1) is 0 Å². The highest BCUT2D eigenvalue weighted by Crippen LogP contribution is 2.35. The summed E-state index contributed by atoms with van der Waals surface area (Å²) in [5.41, 5.74) is 4.76. The molecule has 0 amide bonds. The molecule has 2 aromatic carbocycles. The van der Waals surface area contributed by atoms with Crippen LogP contribution in [0.4, 0.5) is 5.82 Å². The van der Waals surface area contributed by atoms with Crippen LogP contribution in [0.5, 0.6) is 0 Å². The van der Waals surface area contributed by atoms with Crippen molar-refractivity contribution in [3.63, 3.8) is 0 Å². The predicted octanol–water partition coefficient (Wildman–Crippen LogP) is 3.89. The van der Waals surface area contributed by atoms with E-state index in [1.807, 2.05) is 42.6 Å². The van der Waals surface area contributed by atoms with E-state index in [9.17, 15) is 4.79 Å². The first-order chi connectivity index (χ1) is 13.2. The fraction of sp³-hybridized carbons (Fsp3) is 0.0526. The Kier molecular flexibility index (Phi) is 3.38. The molecule has 27 heavy (non-hydrogen) atoms. The Morgan fingerprint density at radius 3 is 2.85 bits per heavy atom. The number of fused-ring (bicyclic) bond motifs is 2. The molecule has 0 saturated carbocycles. The lowest BCUT2D eigenvalue weighted by Crippen LogP contribution is -2.15. The molecule has 0 unspecified atom stereocenters. The molecule has 0 fully saturated rings. The van der Waals surface area contributed by atoms with Crippen LogP contribution in [-0.4, -0.2) is 31.6 Å². The third-order valence-electron chi connectivity index (χ3n) is 4.71. The Morgan fingerprint density at radius 1 is 1.11 bits per heavy atom. The predicted molar refractivity (Wildman–Crippen MR) is 108 cm³/mol. The van der Waals surface area contributed by atoms with Crippen LogP contribution in [-0.2, 0) is 0 Å². The third kappa shape index (κ3) is 2.36. The van der Waals surface area contributed by atoms with Crippen LogP contribution in [0.1, 0.15) is 0 Å². The van der Waals surface area contributed by atoms with Gasteiger partial charge in [-0.1, -0.05) is 11.6 Å². The summed E-state index contributed by atoms with van der Waals surface area (Å²) >= 11 is 6.21. The van der Waals surface area contributed by atoms with E-state index in [2.05, 4.69) is 25.3 Å². The van der Waals surface area contributed by atoms with Crippen LogP contribution in [0.25, 0.3) is 38.9 Å². The van der Waals surface area contributed by atoms with Gasteiger partial charge < -0.3 is 15.3 Å². The van der Waals surface area contributed by atoms with E-state index in [-0.39, 0.29) is 5.69 Å². The van der Waals surface area contributed by atoms with Gasteiger partial charge in [-0.2, -0.15) is 0 Å². The van der Waals surface area contributed by atoms with Crippen molar-refractivity contribution in [3.05, 3.63) is 64.4 Å². The molecule has 0 aliphatic carbocycles. The molecule has 4 N–H and O–H groups in total. The first-order valence-electron chi connectivity index (χ1n) is 8.39. The maximum absolute atomic E-state index is 12.8.